The predicted octanol–water partition coefficient (Wildman–Crippen LogP) is 2.05. The van der Waals surface area contributed by atoms with Crippen molar-refractivity contribution in [1.82, 2.24) is 0 Å². The Balaban J connectivity index is 2.25. The molecule has 1 aliphatic carbocycles. The number of hydrogen-bond donors (Lipinski definition) is 1. The molecule has 15 heavy (non-hydrogen) atoms. The maximum Gasteiger partial charge on any atom is 0.333 e. The number of carbonyl (C=O) groups excluding carboxylic acids is 1. The molecule has 1 fully saturated rings. The SMILES string of the molecule is C=C(C)C(=O)OC1CCC(CCO)CC1. The van der Waals surface area contributed by atoms with Crippen LogP contribution in [-0.4, -0.2) is 23.8 Å². The number of carbonyl (C=O) groups is 1. The van der Waals surface area contributed by atoms with Crippen LogP contribution in [0.3, 0.4) is 0 Å². The average Bonchev–Trinajstić information content (AvgIpc) is 2.21. The Morgan fingerprint density at radius 3 is 2.47 bits per heavy atom. The monoisotopic (exact) mass is 212 g/mol. The number of aliphatic hydroxyl groups is 1. The number of ether oxygens (including phenoxy) is 1. The fourth-order valence-corrected chi connectivity index (χ4v) is 1.97. The second-order valence-corrected chi connectivity index (χ2v) is 4.34. The van der Waals surface area contributed by atoms with Gasteiger partial charge >= 0.3 is 5.97 Å². The van der Waals surface area contributed by atoms with E-state index in [0.29, 0.717) is 11.5 Å². The zero-order valence-electron chi connectivity index (χ0n) is 9.37. The summed E-state index contributed by atoms with van der Waals surface area (Å²) in [5.74, 6) is 0.329. The zero-order chi connectivity index (χ0) is 11.3. The molecule has 3 nitrogen and oxygen atoms in total. The molecule has 0 aromatic rings. The molecule has 1 N–H and O–H groups in total. The van der Waals surface area contributed by atoms with Gasteiger partial charge in [-0.3, -0.25) is 0 Å². The third kappa shape index (κ3) is 4.04. The van der Waals surface area contributed by atoms with Gasteiger partial charge in [0.1, 0.15) is 6.10 Å². The third-order valence-electron chi connectivity index (χ3n) is 2.95. The van der Waals surface area contributed by atoms with Gasteiger partial charge in [0.2, 0.25) is 0 Å². The average molecular weight is 212 g/mol. The number of rotatable bonds is 4. The fourth-order valence-electron chi connectivity index (χ4n) is 1.97. The topological polar surface area (TPSA) is 46.5 Å². The first-order valence-electron chi connectivity index (χ1n) is 5.60. The Morgan fingerprint density at radius 2 is 2.00 bits per heavy atom. The summed E-state index contributed by atoms with van der Waals surface area (Å²) in [6, 6.07) is 0. The summed E-state index contributed by atoms with van der Waals surface area (Å²) in [6.07, 6.45) is 4.88. The molecule has 0 atom stereocenters. The van der Waals surface area contributed by atoms with E-state index < -0.39 is 0 Å². The Morgan fingerprint density at radius 1 is 1.40 bits per heavy atom. The Kier molecular flexibility index (Phi) is 4.82. The standard InChI is InChI=1S/C12H20O3/c1-9(2)12(14)15-11-5-3-10(4-6-11)7-8-13/h10-11,13H,1,3-8H2,2H3. The van der Waals surface area contributed by atoms with Crippen LogP contribution in [0.15, 0.2) is 12.2 Å². The summed E-state index contributed by atoms with van der Waals surface area (Å²) in [6.45, 7) is 5.49. The van der Waals surface area contributed by atoms with E-state index in [1.54, 1.807) is 6.92 Å². The van der Waals surface area contributed by atoms with Crippen LogP contribution in [0, 0.1) is 5.92 Å². The summed E-state index contributed by atoms with van der Waals surface area (Å²) < 4.78 is 5.28. The highest BCUT2D eigenvalue weighted by Gasteiger charge is 2.23. The van der Waals surface area contributed by atoms with Crippen molar-refractivity contribution in [2.45, 2.75) is 45.1 Å². The molecule has 1 saturated carbocycles. The van der Waals surface area contributed by atoms with Crippen molar-refractivity contribution in [2.75, 3.05) is 6.61 Å². The van der Waals surface area contributed by atoms with Gasteiger partial charge in [0.05, 0.1) is 0 Å². The molecule has 0 heterocycles. The largest absolute Gasteiger partial charge is 0.459 e. The Labute approximate surface area is 91.1 Å². The summed E-state index contributed by atoms with van der Waals surface area (Å²) in [5.41, 5.74) is 0.465. The van der Waals surface area contributed by atoms with E-state index in [-0.39, 0.29) is 18.7 Å². The highest BCUT2D eigenvalue weighted by Crippen LogP contribution is 2.28. The molecule has 0 amide bonds. The first-order chi connectivity index (χ1) is 7.13. The maximum atomic E-state index is 11.3. The highest BCUT2D eigenvalue weighted by molar-refractivity contribution is 5.87. The molecule has 86 valence electrons. The lowest BCUT2D eigenvalue weighted by Gasteiger charge is -2.27. The van der Waals surface area contributed by atoms with Crippen LogP contribution in [0.25, 0.3) is 0 Å². The van der Waals surface area contributed by atoms with Gasteiger partial charge in [-0.15, -0.1) is 0 Å². The van der Waals surface area contributed by atoms with Gasteiger partial charge in [-0.2, -0.15) is 0 Å². The quantitative estimate of drug-likeness (QED) is 0.573. The minimum atomic E-state index is -0.277. The van der Waals surface area contributed by atoms with E-state index in [1.165, 1.54) is 0 Å². The normalized spacial score (nSPS) is 26.0. The second kappa shape index (κ2) is 5.91. The van der Waals surface area contributed by atoms with Crippen molar-refractivity contribution in [3.05, 3.63) is 12.2 Å². The lowest BCUT2D eigenvalue weighted by Crippen LogP contribution is -2.25. The molecule has 0 spiro atoms. The van der Waals surface area contributed by atoms with Crippen molar-refractivity contribution >= 4 is 5.97 Å². The molecule has 3 heteroatoms. The maximum absolute atomic E-state index is 11.3. The molecule has 0 aromatic carbocycles. The van der Waals surface area contributed by atoms with Gasteiger partial charge in [-0.05, 0) is 44.9 Å². The van der Waals surface area contributed by atoms with Crippen LogP contribution in [0.4, 0.5) is 0 Å². The molecule has 0 radical (unpaired) electrons. The highest BCUT2D eigenvalue weighted by atomic mass is 16.5. The number of esters is 1. The summed E-state index contributed by atoms with van der Waals surface area (Å²) in [5, 5.41) is 8.81. The van der Waals surface area contributed by atoms with Crippen molar-refractivity contribution in [3.63, 3.8) is 0 Å². The minimum absolute atomic E-state index is 0.0594. The van der Waals surface area contributed by atoms with Crippen LogP contribution in [0.2, 0.25) is 0 Å². The Hall–Kier alpha value is -0.830. The summed E-state index contributed by atoms with van der Waals surface area (Å²) in [4.78, 5) is 11.3. The molecule has 1 aliphatic rings. The fraction of sp³-hybridized carbons (Fsp3) is 0.750. The van der Waals surface area contributed by atoms with Crippen LogP contribution in [0.5, 0.6) is 0 Å². The molecule has 0 aromatic heterocycles. The van der Waals surface area contributed by atoms with E-state index in [4.69, 9.17) is 9.84 Å². The van der Waals surface area contributed by atoms with E-state index in [2.05, 4.69) is 6.58 Å². The number of hydrogen-bond acceptors (Lipinski definition) is 3. The van der Waals surface area contributed by atoms with Gasteiger partial charge < -0.3 is 9.84 Å². The van der Waals surface area contributed by atoms with E-state index in [9.17, 15) is 4.79 Å². The predicted molar refractivity (Wildman–Crippen MR) is 58.4 cm³/mol. The number of aliphatic hydroxyl groups excluding tert-OH is 1. The van der Waals surface area contributed by atoms with Crippen LogP contribution in [-0.2, 0) is 9.53 Å². The van der Waals surface area contributed by atoms with E-state index >= 15 is 0 Å². The van der Waals surface area contributed by atoms with Crippen molar-refractivity contribution < 1.29 is 14.6 Å². The van der Waals surface area contributed by atoms with Crippen LogP contribution >= 0.6 is 0 Å². The van der Waals surface area contributed by atoms with Crippen molar-refractivity contribution in [2.24, 2.45) is 5.92 Å². The molecule has 0 unspecified atom stereocenters. The summed E-state index contributed by atoms with van der Waals surface area (Å²) in [7, 11) is 0. The molecule has 0 saturated heterocycles. The van der Waals surface area contributed by atoms with Gasteiger partial charge in [0.15, 0.2) is 0 Å². The Bertz CT molecular complexity index is 227. The van der Waals surface area contributed by atoms with Crippen molar-refractivity contribution in [1.29, 1.82) is 0 Å². The lowest BCUT2D eigenvalue weighted by molar-refractivity contribution is -0.146. The summed E-state index contributed by atoms with van der Waals surface area (Å²) >= 11 is 0. The first kappa shape index (κ1) is 12.2. The van der Waals surface area contributed by atoms with Crippen LogP contribution < -0.4 is 0 Å². The molecule has 0 aliphatic heterocycles. The van der Waals surface area contributed by atoms with Gasteiger partial charge in [-0.1, -0.05) is 6.58 Å². The lowest BCUT2D eigenvalue weighted by atomic mass is 9.85. The van der Waals surface area contributed by atoms with Gasteiger partial charge in [0.25, 0.3) is 0 Å². The van der Waals surface area contributed by atoms with Crippen LogP contribution in [0.1, 0.15) is 39.0 Å². The zero-order valence-corrected chi connectivity index (χ0v) is 9.37. The first-order valence-corrected chi connectivity index (χ1v) is 5.60. The molecule has 1 rings (SSSR count). The molecule has 0 bridgehead atoms. The van der Waals surface area contributed by atoms with Gasteiger partial charge in [-0.25, -0.2) is 4.79 Å². The minimum Gasteiger partial charge on any atom is -0.459 e. The van der Waals surface area contributed by atoms with E-state index in [0.717, 1.165) is 32.1 Å². The van der Waals surface area contributed by atoms with Crippen molar-refractivity contribution in [3.8, 4) is 0 Å². The second-order valence-electron chi connectivity index (χ2n) is 4.34. The third-order valence-corrected chi connectivity index (χ3v) is 2.95. The smallest absolute Gasteiger partial charge is 0.333 e. The van der Waals surface area contributed by atoms with E-state index in [1.807, 2.05) is 0 Å². The van der Waals surface area contributed by atoms with Gasteiger partial charge in [0, 0.05) is 12.2 Å². The molecular formula is C12H20O3. The molecular weight excluding hydrogens is 192 g/mol.